The first kappa shape index (κ1) is 18.7. The van der Waals surface area contributed by atoms with Crippen LogP contribution in [0.4, 0.5) is 11.4 Å². The lowest BCUT2D eigenvalue weighted by Gasteiger charge is -2.11. The predicted octanol–water partition coefficient (Wildman–Crippen LogP) is 1.87. The zero-order valence-corrected chi connectivity index (χ0v) is 14.1. The molecule has 0 saturated carbocycles. The molecule has 9 nitrogen and oxygen atoms in total. The first-order valence-corrected chi connectivity index (χ1v) is 7.49. The summed E-state index contributed by atoms with van der Waals surface area (Å²) in [5, 5.41) is 15.6. The van der Waals surface area contributed by atoms with E-state index in [-0.39, 0.29) is 23.7 Å². The van der Waals surface area contributed by atoms with Gasteiger partial charge in [0.25, 0.3) is 5.69 Å². The van der Waals surface area contributed by atoms with Crippen molar-refractivity contribution < 1.29 is 24.0 Å². The van der Waals surface area contributed by atoms with Gasteiger partial charge in [-0.25, -0.2) is 0 Å². The van der Waals surface area contributed by atoms with Crippen LogP contribution >= 0.6 is 0 Å². The number of ether oxygens (including phenoxy) is 2. The highest BCUT2D eigenvalue weighted by Crippen LogP contribution is 2.28. The van der Waals surface area contributed by atoms with E-state index in [4.69, 9.17) is 9.47 Å². The zero-order valence-electron chi connectivity index (χ0n) is 14.1. The molecule has 0 atom stereocenters. The number of methoxy groups -OCH3 is 2. The molecule has 2 N–H and O–H groups in total. The maximum atomic E-state index is 12.0. The van der Waals surface area contributed by atoms with Crippen molar-refractivity contribution in [2.75, 3.05) is 19.5 Å². The van der Waals surface area contributed by atoms with Crippen LogP contribution in [0.25, 0.3) is 0 Å². The number of hydrogen-bond acceptors (Lipinski definition) is 6. The average Bonchev–Trinajstić information content (AvgIpc) is 2.66. The lowest BCUT2D eigenvalue weighted by Crippen LogP contribution is -2.35. The van der Waals surface area contributed by atoms with Gasteiger partial charge in [-0.05, 0) is 12.1 Å². The number of amides is 2. The van der Waals surface area contributed by atoms with E-state index in [0.29, 0.717) is 11.3 Å². The highest BCUT2D eigenvalue weighted by atomic mass is 16.6. The van der Waals surface area contributed by atoms with Crippen LogP contribution in [-0.4, -0.2) is 31.0 Å². The van der Waals surface area contributed by atoms with E-state index in [0.717, 1.165) is 6.07 Å². The van der Waals surface area contributed by atoms with E-state index in [2.05, 4.69) is 10.6 Å². The minimum absolute atomic E-state index is 0.0741. The van der Waals surface area contributed by atoms with Crippen molar-refractivity contribution in [3.05, 3.63) is 58.1 Å². The summed E-state index contributed by atoms with van der Waals surface area (Å²) in [7, 11) is 2.81. The quantitative estimate of drug-likeness (QED) is 0.461. The van der Waals surface area contributed by atoms with E-state index < -0.39 is 16.7 Å². The van der Waals surface area contributed by atoms with Crippen molar-refractivity contribution in [3.63, 3.8) is 0 Å². The number of carbonyl (C=O) groups is 2. The third-order valence-electron chi connectivity index (χ3n) is 3.48. The summed E-state index contributed by atoms with van der Waals surface area (Å²) in [6.07, 6.45) is 0. The Morgan fingerprint density at radius 1 is 1.04 bits per heavy atom. The van der Waals surface area contributed by atoms with Crippen LogP contribution in [0.1, 0.15) is 5.56 Å². The van der Waals surface area contributed by atoms with Crippen LogP contribution in [0.5, 0.6) is 11.5 Å². The van der Waals surface area contributed by atoms with Gasteiger partial charge in [0.15, 0.2) is 0 Å². The number of non-ortho nitro benzene ring substituents is 1. The average molecular weight is 359 g/mol. The minimum Gasteiger partial charge on any atom is -0.496 e. The van der Waals surface area contributed by atoms with Gasteiger partial charge in [0.2, 0.25) is 0 Å². The molecule has 0 aromatic heterocycles. The number of rotatable bonds is 6. The van der Waals surface area contributed by atoms with E-state index in [9.17, 15) is 19.7 Å². The standard InChI is InChI=1S/C17H17N3O6/c1-25-14-6-4-3-5-11(14)10-18-16(21)17(22)19-13-8-7-12(20(23)24)9-15(13)26-2/h3-9H,10H2,1-2H3,(H,18,21)(H,19,22). The predicted molar refractivity (Wildman–Crippen MR) is 93.1 cm³/mol. The van der Waals surface area contributed by atoms with Crippen LogP contribution in [-0.2, 0) is 16.1 Å². The van der Waals surface area contributed by atoms with Crippen molar-refractivity contribution in [2.24, 2.45) is 0 Å². The molecular formula is C17H17N3O6. The highest BCUT2D eigenvalue weighted by molar-refractivity contribution is 6.39. The first-order valence-electron chi connectivity index (χ1n) is 7.49. The van der Waals surface area contributed by atoms with Gasteiger partial charge in [0.1, 0.15) is 11.5 Å². The second kappa shape index (κ2) is 8.47. The molecule has 26 heavy (non-hydrogen) atoms. The molecule has 0 bridgehead atoms. The molecule has 2 amide bonds. The maximum Gasteiger partial charge on any atom is 0.313 e. The molecule has 0 aliphatic heterocycles. The number of nitrogens with one attached hydrogen (secondary N) is 2. The number of para-hydroxylation sites is 1. The Morgan fingerprint density at radius 2 is 1.73 bits per heavy atom. The van der Waals surface area contributed by atoms with Crippen LogP contribution in [0.15, 0.2) is 42.5 Å². The second-order valence-corrected chi connectivity index (χ2v) is 5.09. The van der Waals surface area contributed by atoms with Crippen LogP contribution in [0, 0.1) is 10.1 Å². The zero-order chi connectivity index (χ0) is 19.1. The molecular weight excluding hydrogens is 342 g/mol. The first-order chi connectivity index (χ1) is 12.5. The Labute approximate surface area is 149 Å². The summed E-state index contributed by atoms with van der Waals surface area (Å²) in [6.45, 7) is 0.105. The number of benzene rings is 2. The van der Waals surface area contributed by atoms with E-state index >= 15 is 0 Å². The molecule has 9 heteroatoms. The van der Waals surface area contributed by atoms with Crippen molar-refractivity contribution in [3.8, 4) is 11.5 Å². The minimum atomic E-state index is -0.924. The molecule has 2 rings (SSSR count). The fraction of sp³-hybridized carbons (Fsp3) is 0.176. The maximum absolute atomic E-state index is 12.0. The third kappa shape index (κ3) is 4.47. The van der Waals surface area contributed by atoms with Gasteiger partial charge in [-0.1, -0.05) is 18.2 Å². The van der Waals surface area contributed by atoms with Gasteiger partial charge in [-0.3, -0.25) is 19.7 Å². The molecule has 0 radical (unpaired) electrons. The van der Waals surface area contributed by atoms with Gasteiger partial charge >= 0.3 is 11.8 Å². The van der Waals surface area contributed by atoms with Crippen molar-refractivity contribution in [1.29, 1.82) is 0 Å². The topological polar surface area (TPSA) is 120 Å². The molecule has 0 unspecified atom stereocenters. The molecule has 136 valence electrons. The lowest BCUT2D eigenvalue weighted by molar-refractivity contribution is -0.384. The SMILES string of the molecule is COc1ccccc1CNC(=O)C(=O)Nc1ccc([N+](=O)[O-])cc1OC. The molecule has 0 aliphatic rings. The lowest BCUT2D eigenvalue weighted by atomic mass is 10.2. The second-order valence-electron chi connectivity index (χ2n) is 5.09. The summed E-state index contributed by atoms with van der Waals surface area (Å²) in [4.78, 5) is 34.2. The van der Waals surface area contributed by atoms with E-state index in [1.165, 1.54) is 26.4 Å². The Kier molecular flexibility index (Phi) is 6.10. The Bertz CT molecular complexity index is 837. The fourth-order valence-corrected chi connectivity index (χ4v) is 2.18. The number of nitro groups is 1. The van der Waals surface area contributed by atoms with Crippen molar-refractivity contribution in [2.45, 2.75) is 6.54 Å². The number of nitrogens with zero attached hydrogens (tertiary/aromatic N) is 1. The Morgan fingerprint density at radius 3 is 2.38 bits per heavy atom. The molecule has 0 fully saturated rings. The van der Waals surface area contributed by atoms with Crippen LogP contribution in [0.3, 0.4) is 0 Å². The largest absolute Gasteiger partial charge is 0.496 e. The third-order valence-corrected chi connectivity index (χ3v) is 3.48. The van der Waals surface area contributed by atoms with Crippen LogP contribution < -0.4 is 20.1 Å². The number of carbonyl (C=O) groups excluding carboxylic acids is 2. The summed E-state index contributed by atoms with van der Waals surface area (Å²) in [5.41, 5.74) is 0.667. The Hall–Kier alpha value is -3.62. The number of hydrogen-bond donors (Lipinski definition) is 2. The van der Waals surface area contributed by atoms with Crippen molar-refractivity contribution >= 4 is 23.2 Å². The van der Waals surface area contributed by atoms with Gasteiger partial charge in [-0.15, -0.1) is 0 Å². The van der Waals surface area contributed by atoms with Gasteiger partial charge in [0, 0.05) is 18.2 Å². The van der Waals surface area contributed by atoms with Gasteiger partial charge in [-0.2, -0.15) is 0 Å². The van der Waals surface area contributed by atoms with Crippen molar-refractivity contribution in [1.82, 2.24) is 5.32 Å². The van der Waals surface area contributed by atoms with E-state index in [1.54, 1.807) is 24.3 Å². The number of nitro benzene ring substituents is 1. The molecule has 0 heterocycles. The summed E-state index contributed by atoms with van der Waals surface area (Å²) in [6, 6.07) is 10.7. The molecule has 2 aromatic rings. The summed E-state index contributed by atoms with van der Waals surface area (Å²) in [5.74, 6) is -1.13. The van der Waals surface area contributed by atoms with Gasteiger partial charge in [0.05, 0.1) is 30.9 Å². The normalized spacial score (nSPS) is 9.92. The van der Waals surface area contributed by atoms with Crippen LogP contribution in [0.2, 0.25) is 0 Å². The van der Waals surface area contributed by atoms with Gasteiger partial charge < -0.3 is 20.1 Å². The Balaban J connectivity index is 2.03. The number of anilines is 1. The fourth-order valence-electron chi connectivity index (χ4n) is 2.18. The monoisotopic (exact) mass is 359 g/mol. The summed E-state index contributed by atoms with van der Waals surface area (Å²) >= 11 is 0. The highest BCUT2D eigenvalue weighted by Gasteiger charge is 2.18. The molecule has 0 aliphatic carbocycles. The smallest absolute Gasteiger partial charge is 0.313 e. The molecule has 0 saturated heterocycles. The molecule has 0 spiro atoms. The summed E-state index contributed by atoms with van der Waals surface area (Å²) < 4.78 is 10.2. The molecule has 2 aromatic carbocycles. The van der Waals surface area contributed by atoms with E-state index in [1.807, 2.05) is 0 Å².